The number of nitriles is 1. The van der Waals surface area contributed by atoms with Gasteiger partial charge in [0.15, 0.2) is 0 Å². The second kappa shape index (κ2) is 14.1. The fraction of sp³-hybridized carbons (Fsp3) is 0.235. The predicted octanol–water partition coefficient (Wildman–Crippen LogP) is 7.73. The van der Waals surface area contributed by atoms with Crippen LogP contribution in [-0.4, -0.2) is 49.3 Å². The minimum absolute atomic E-state index is 0.457. The van der Waals surface area contributed by atoms with Crippen LogP contribution in [0.15, 0.2) is 99.3 Å². The number of benzene rings is 3. The van der Waals surface area contributed by atoms with Crippen molar-refractivity contribution in [3.8, 4) is 17.4 Å². The Bertz CT molecular complexity index is 1730. The van der Waals surface area contributed by atoms with E-state index in [9.17, 15) is 5.26 Å². The van der Waals surface area contributed by atoms with Gasteiger partial charge < -0.3 is 19.8 Å². The first-order valence-corrected chi connectivity index (χ1v) is 15.6. The molecule has 0 radical (unpaired) electrons. The van der Waals surface area contributed by atoms with E-state index in [-0.39, 0.29) is 0 Å². The van der Waals surface area contributed by atoms with E-state index in [0.717, 1.165) is 89.3 Å². The fourth-order valence-electron chi connectivity index (χ4n) is 5.08. The Morgan fingerprint density at radius 3 is 2.67 bits per heavy atom. The van der Waals surface area contributed by atoms with Gasteiger partial charge in [-0.2, -0.15) is 5.26 Å². The number of fused-ring (bicyclic) bond motifs is 1. The minimum atomic E-state index is 0.457. The van der Waals surface area contributed by atoms with Crippen molar-refractivity contribution in [3.05, 3.63) is 101 Å². The third-order valence-electron chi connectivity index (χ3n) is 7.34. The van der Waals surface area contributed by atoms with Crippen LogP contribution < -0.4 is 10.6 Å². The molecule has 6 rings (SSSR count). The maximum atomic E-state index is 9.84. The second-order valence-corrected chi connectivity index (χ2v) is 11.8. The molecule has 0 atom stereocenters. The van der Waals surface area contributed by atoms with Crippen LogP contribution in [0.1, 0.15) is 17.7 Å². The summed E-state index contributed by atoms with van der Waals surface area (Å²) in [5.41, 5.74) is 3.64. The molecule has 1 fully saturated rings. The van der Waals surface area contributed by atoms with Gasteiger partial charge in [-0.15, -0.1) is 0 Å². The number of hydrogen-bond donors (Lipinski definition) is 2. The maximum absolute atomic E-state index is 9.84. The highest BCUT2D eigenvalue weighted by atomic mass is 35.5. The molecule has 0 saturated carbocycles. The lowest BCUT2D eigenvalue weighted by Gasteiger charge is -2.26. The highest BCUT2D eigenvalue weighted by Crippen LogP contribution is 2.37. The molecule has 1 saturated heterocycles. The molecule has 43 heavy (non-hydrogen) atoms. The third-order valence-corrected chi connectivity index (χ3v) is 8.85. The number of hydrogen-bond acceptors (Lipinski definition) is 8. The van der Waals surface area contributed by atoms with Crippen molar-refractivity contribution < 1.29 is 9.15 Å². The number of aromatic nitrogens is 1. The van der Waals surface area contributed by atoms with Crippen molar-refractivity contribution in [1.29, 1.82) is 5.26 Å². The molecule has 1 aliphatic rings. The molecule has 3 heterocycles. The van der Waals surface area contributed by atoms with Gasteiger partial charge in [0, 0.05) is 45.7 Å². The van der Waals surface area contributed by atoms with E-state index in [4.69, 9.17) is 20.8 Å². The van der Waals surface area contributed by atoms with Crippen molar-refractivity contribution in [3.63, 3.8) is 0 Å². The largest absolute Gasteiger partial charge is 0.460 e. The summed E-state index contributed by atoms with van der Waals surface area (Å²) in [6.45, 7) is 6.41. The van der Waals surface area contributed by atoms with Crippen molar-refractivity contribution in [2.24, 2.45) is 0 Å². The Morgan fingerprint density at radius 1 is 1.00 bits per heavy atom. The van der Waals surface area contributed by atoms with Crippen molar-refractivity contribution in [2.45, 2.75) is 22.8 Å². The molecule has 218 valence electrons. The Morgan fingerprint density at radius 2 is 1.86 bits per heavy atom. The van der Waals surface area contributed by atoms with Crippen molar-refractivity contribution in [1.82, 2.24) is 15.2 Å². The molecule has 9 heteroatoms. The maximum Gasteiger partial charge on any atom is 0.134 e. The van der Waals surface area contributed by atoms with Gasteiger partial charge in [0.05, 0.1) is 41.5 Å². The molecule has 5 aromatic rings. The first-order valence-electron chi connectivity index (χ1n) is 14.4. The normalized spacial score (nSPS) is 13.7. The second-order valence-electron chi connectivity index (χ2n) is 10.3. The van der Waals surface area contributed by atoms with Crippen LogP contribution in [0, 0.1) is 11.3 Å². The predicted molar refractivity (Wildman–Crippen MR) is 173 cm³/mol. The average Bonchev–Trinajstić information content (AvgIpc) is 3.52. The van der Waals surface area contributed by atoms with Gasteiger partial charge in [0.25, 0.3) is 0 Å². The third kappa shape index (κ3) is 7.39. The number of morpholine rings is 1. The zero-order valence-electron chi connectivity index (χ0n) is 23.7. The topological polar surface area (TPSA) is 86.4 Å². The van der Waals surface area contributed by atoms with Crippen LogP contribution in [0.25, 0.3) is 22.2 Å². The Balaban J connectivity index is 1.13. The zero-order valence-corrected chi connectivity index (χ0v) is 25.3. The highest BCUT2D eigenvalue weighted by Gasteiger charge is 2.14. The van der Waals surface area contributed by atoms with Crippen LogP contribution in [0.4, 0.5) is 11.4 Å². The quantitative estimate of drug-likeness (QED) is 0.147. The molecule has 0 spiro atoms. The summed E-state index contributed by atoms with van der Waals surface area (Å²) in [4.78, 5) is 9.10. The Kier molecular flexibility index (Phi) is 9.58. The van der Waals surface area contributed by atoms with E-state index < -0.39 is 0 Å². The first kappa shape index (κ1) is 29.2. The van der Waals surface area contributed by atoms with Crippen molar-refractivity contribution in [2.75, 3.05) is 44.7 Å². The summed E-state index contributed by atoms with van der Waals surface area (Å²) >= 11 is 8.26. The lowest BCUT2D eigenvalue weighted by molar-refractivity contribution is 0.0374. The first-order chi connectivity index (χ1) is 21.2. The summed E-state index contributed by atoms with van der Waals surface area (Å²) in [6.07, 6.45) is 2.69. The zero-order chi connectivity index (χ0) is 29.4. The molecular weight excluding hydrogens is 578 g/mol. The van der Waals surface area contributed by atoms with E-state index in [1.807, 2.05) is 66.7 Å². The summed E-state index contributed by atoms with van der Waals surface area (Å²) in [7, 11) is 0. The number of rotatable bonds is 11. The smallest absolute Gasteiger partial charge is 0.134 e. The van der Waals surface area contributed by atoms with Crippen LogP contribution in [0.2, 0.25) is 5.02 Å². The van der Waals surface area contributed by atoms with Crippen LogP contribution in [0.5, 0.6) is 0 Å². The van der Waals surface area contributed by atoms with E-state index in [2.05, 4.69) is 38.7 Å². The van der Waals surface area contributed by atoms with Crippen LogP contribution >= 0.6 is 23.4 Å². The van der Waals surface area contributed by atoms with Gasteiger partial charge in [-0.1, -0.05) is 47.6 Å². The van der Waals surface area contributed by atoms with Gasteiger partial charge in [0.2, 0.25) is 0 Å². The summed E-state index contributed by atoms with van der Waals surface area (Å²) < 4.78 is 11.6. The van der Waals surface area contributed by atoms with E-state index >= 15 is 0 Å². The van der Waals surface area contributed by atoms with Gasteiger partial charge in [-0.05, 0) is 74.1 Å². The highest BCUT2D eigenvalue weighted by molar-refractivity contribution is 7.99. The summed E-state index contributed by atoms with van der Waals surface area (Å²) in [5, 5.41) is 18.2. The molecule has 1 aliphatic heterocycles. The number of halogens is 1. The molecule has 0 amide bonds. The number of nitrogens with zero attached hydrogens (tertiary/aromatic N) is 3. The number of furan rings is 1. The van der Waals surface area contributed by atoms with Gasteiger partial charge in [0.1, 0.15) is 17.6 Å². The molecule has 0 unspecified atom stereocenters. The van der Waals surface area contributed by atoms with E-state index in [1.165, 1.54) is 0 Å². The van der Waals surface area contributed by atoms with Crippen molar-refractivity contribution >= 4 is 45.6 Å². The monoisotopic (exact) mass is 609 g/mol. The lowest BCUT2D eigenvalue weighted by Crippen LogP contribution is -2.37. The Hall–Kier alpha value is -3.84. The number of ether oxygens (including phenoxy) is 1. The summed E-state index contributed by atoms with van der Waals surface area (Å²) in [5.74, 6) is 1.67. The van der Waals surface area contributed by atoms with E-state index in [0.29, 0.717) is 22.8 Å². The minimum Gasteiger partial charge on any atom is -0.460 e. The van der Waals surface area contributed by atoms with Gasteiger partial charge in [-0.25, -0.2) is 0 Å². The number of pyridine rings is 1. The number of nitrogens with one attached hydrogen (secondary N) is 2. The molecule has 2 aromatic heterocycles. The van der Waals surface area contributed by atoms with Crippen LogP contribution in [0.3, 0.4) is 0 Å². The van der Waals surface area contributed by atoms with Crippen LogP contribution in [-0.2, 0) is 11.3 Å². The molecule has 3 aromatic carbocycles. The molecule has 2 N–H and O–H groups in total. The standard InChI is InChI=1S/C34H32ClN5O2S/c35-30-20-26(8-12-33(30)43-28-5-2-1-3-6-28)39-34-25(21-36)22-38-31-19-24(7-10-29(31)34)32-11-9-27(42-32)23-37-13-4-14-40-15-17-41-18-16-40/h1-3,5-12,19-20,22,37H,4,13-18,23H2,(H,38,39). The molecular formula is C34H32ClN5O2S. The molecule has 0 bridgehead atoms. The van der Waals surface area contributed by atoms with Gasteiger partial charge in [-0.3, -0.25) is 9.88 Å². The Labute approximate surface area is 260 Å². The van der Waals surface area contributed by atoms with Gasteiger partial charge >= 0.3 is 0 Å². The summed E-state index contributed by atoms with van der Waals surface area (Å²) in [6, 6.07) is 28.2. The SMILES string of the molecule is N#Cc1cnc2cc(-c3ccc(CNCCCN4CCOCC4)o3)ccc2c1Nc1ccc(Sc2ccccc2)c(Cl)c1. The average molecular weight is 610 g/mol. The van der Waals surface area contributed by atoms with E-state index in [1.54, 1.807) is 18.0 Å². The molecule has 0 aliphatic carbocycles. The molecule has 7 nitrogen and oxygen atoms in total. The lowest BCUT2D eigenvalue weighted by atomic mass is 10.1. The fourth-order valence-corrected chi connectivity index (χ4v) is 6.22. The number of anilines is 2.